The molecule has 1 fully saturated rings. The number of rotatable bonds is 6. The van der Waals surface area contributed by atoms with Crippen LogP contribution in [0.15, 0.2) is 24.3 Å². The molecule has 0 bridgehead atoms. The van der Waals surface area contributed by atoms with Crippen LogP contribution in [0.3, 0.4) is 0 Å². The lowest BCUT2D eigenvalue weighted by atomic mass is 10.2. The molecule has 1 saturated carbocycles. The van der Waals surface area contributed by atoms with E-state index in [1.165, 1.54) is 11.3 Å². The molecule has 2 aromatic rings. The molecule has 1 aromatic carbocycles. The van der Waals surface area contributed by atoms with Gasteiger partial charge in [-0.15, -0.1) is 0 Å². The molecule has 10 heteroatoms. The standard InChI is InChI=1S/C18H22N4O4S2/c1-2-26-13-5-3-12(4-6-13)19-17(23)21-18-20-15-9-10-22(11-16(15)27-18)28(24,25)14-7-8-14/h3-6,14H,2,7-11H2,1H3,(H2,19,20,21,23). The van der Waals surface area contributed by atoms with E-state index in [1.54, 1.807) is 28.6 Å². The van der Waals surface area contributed by atoms with Gasteiger partial charge in [-0.05, 0) is 44.0 Å². The maximum atomic E-state index is 12.4. The predicted molar refractivity (Wildman–Crippen MR) is 108 cm³/mol. The smallest absolute Gasteiger partial charge is 0.325 e. The van der Waals surface area contributed by atoms with E-state index in [0.717, 1.165) is 29.2 Å². The summed E-state index contributed by atoms with van der Waals surface area (Å²) >= 11 is 1.33. The highest BCUT2D eigenvalue weighted by Crippen LogP contribution is 2.35. The third-order valence-corrected chi connectivity index (χ3v) is 7.99. The molecular weight excluding hydrogens is 400 g/mol. The SMILES string of the molecule is CCOc1ccc(NC(=O)Nc2nc3c(s2)CN(S(=O)(=O)C2CC2)CC3)cc1. The fourth-order valence-electron chi connectivity index (χ4n) is 3.08. The highest BCUT2D eigenvalue weighted by atomic mass is 32.2. The molecule has 0 unspecified atom stereocenters. The van der Waals surface area contributed by atoms with E-state index in [1.807, 2.05) is 6.92 Å². The van der Waals surface area contributed by atoms with Crippen molar-refractivity contribution in [3.8, 4) is 5.75 Å². The van der Waals surface area contributed by atoms with Crippen LogP contribution in [0, 0.1) is 0 Å². The number of anilines is 2. The summed E-state index contributed by atoms with van der Waals surface area (Å²) in [5.41, 5.74) is 1.51. The molecule has 0 spiro atoms. The summed E-state index contributed by atoms with van der Waals surface area (Å²) in [6, 6.07) is 6.71. The Hall–Kier alpha value is -2.17. The van der Waals surface area contributed by atoms with Crippen molar-refractivity contribution in [3.63, 3.8) is 0 Å². The number of thiazole rings is 1. The second-order valence-corrected chi connectivity index (χ2v) is 10.0. The van der Waals surface area contributed by atoms with E-state index in [9.17, 15) is 13.2 Å². The zero-order valence-electron chi connectivity index (χ0n) is 15.5. The van der Waals surface area contributed by atoms with Gasteiger partial charge in [-0.25, -0.2) is 18.2 Å². The number of sulfonamides is 1. The predicted octanol–water partition coefficient (Wildman–Crippen LogP) is 3.04. The third kappa shape index (κ3) is 4.13. The van der Waals surface area contributed by atoms with Crippen molar-refractivity contribution in [2.45, 2.75) is 38.0 Å². The Kier molecular flexibility index (Phi) is 5.26. The maximum absolute atomic E-state index is 12.4. The summed E-state index contributed by atoms with van der Waals surface area (Å²) < 4.78 is 31.8. The normalized spacial score (nSPS) is 17.0. The number of carbonyl (C=O) groups excluding carboxylic acids is 1. The minimum absolute atomic E-state index is 0.209. The van der Waals surface area contributed by atoms with Gasteiger partial charge in [0.25, 0.3) is 0 Å². The van der Waals surface area contributed by atoms with Gasteiger partial charge in [0.1, 0.15) is 5.75 Å². The molecule has 1 aliphatic carbocycles. The van der Waals surface area contributed by atoms with E-state index in [4.69, 9.17) is 4.74 Å². The van der Waals surface area contributed by atoms with Gasteiger partial charge < -0.3 is 10.1 Å². The number of amides is 2. The van der Waals surface area contributed by atoms with Crippen LogP contribution in [0.2, 0.25) is 0 Å². The summed E-state index contributed by atoms with van der Waals surface area (Å²) in [5, 5.41) is 5.75. The molecule has 150 valence electrons. The van der Waals surface area contributed by atoms with Crippen LogP contribution in [-0.4, -0.2) is 42.1 Å². The highest BCUT2D eigenvalue weighted by Gasteiger charge is 2.41. The molecule has 2 aliphatic rings. The molecule has 8 nitrogen and oxygen atoms in total. The third-order valence-electron chi connectivity index (χ3n) is 4.65. The minimum atomic E-state index is -3.19. The Balaban J connectivity index is 1.37. The van der Waals surface area contributed by atoms with E-state index < -0.39 is 16.1 Å². The Bertz CT molecular complexity index is 968. The topological polar surface area (TPSA) is 101 Å². The number of nitrogens with one attached hydrogen (secondary N) is 2. The van der Waals surface area contributed by atoms with Crippen molar-refractivity contribution in [1.82, 2.24) is 9.29 Å². The van der Waals surface area contributed by atoms with E-state index in [0.29, 0.717) is 36.9 Å². The lowest BCUT2D eigenvalue weighted by Crippen LogP contribution is -2.37. The Morgan fingerprint density at radius 1 is 1.29 bits per heavy atom. The van der Waals surface area contributed by atoms with Crippen molar-refractivity contribution >= 4 is 38.2 Å². The number of fused-ring (bicyclic) bond motifs is 1. The van der Waals surface area contributed by atoms with Crippen molar-refractivity contribution < 1.29 is 17.9 Å². The number of aromatic nitrogens is 1. The summed E-state index contributed by atoms with van der Waals surface area (Å²) in [6.07, 6.45) is 2.08. The number of benzene rings is 1. The van der Waals surface area contributed by atoms with Crippen molar-refractivity contribution in [3.05, 3.63) is 34.8 Å². The van der Waals surface area contributed by atoms with Gasteiger partial charge in [0, 0.05) is 30.1 Å². The average Bonchev–Trinajstić information content (AvgIpc) is 3.44. The Labute approximate surface area is 168 Å². The van der Waals surface area contributed by atoms with Crippen LogP contribution >= 0.6 is 11.3 Å². The Morgan fingerprint density at radius 2 is 2.04 bits per heavy atom. The molecule has 0 saturated heterocycles. The molecule has 4 rings (SSSR count). The van der Waals surface area contributed by atoms with Crippen molar-refractivity contribution in [2.75, 3.05) is 23.8 Å². The molecule has 0 radical (unpaired) electrons. The fourth-order valence-corrected chi connectivity index (χ4v) is 5.99. The summed E-state index contributed by atoms with van der Waals surface area (Å²) in [4.78, 5) is 17.6. The average molecular weight is 423 g/mol. The Morgan fingerprint density at radius 3 is 2.71 bits per heavy atom. The van der Waals surface area contributed by atoms with Gasteiger partial charge in [-0.1, -0.05) is 11.3 Å². The van der Waals surface area contributed by atoms with Crippen molar-refractivity contribution in [2.24, 2.45) is 0 Å². The number of hydrogen-bond acceptors (Lipinski definition) is 6. The number of nitrogens with zero attached hydrogens (tertiary/aromatic N) is 2. The van der Waals surface area contributed by atoms with Crippen LogP contribution in [-0.2, 0) is 23.0 Å². The maximum Gasteiger partial charge on any atom is 0.325 e. The van der Waals surface area contributed by atoms with Gasteiger partial charge in [-0.2, -0.15) is 4.31 Å². The molecule has 0 atom stereocenters. The van der Waals surface area contributed by atoms with Crippen LogP contribution in [0.1, 0.15) is 30.3 Å². The highest BCUT2D eigenvalue weighted by molar-refractivity contribution is 7.90. The lowest BCUT2D eigenvalue weighted by Gasteiger charge is -2.25. The van der Waals surface area contributed by atoms with Crippen LogP contribution in [0.4, 0.5) is 15.6 Å². The van der Waals surface area contributed by atoms with Gasteiger partial charge in [0.2, 0.25) is 10.0 Å². The largest absolute Gasteiger partial charge is 0.494 e. The summed E-state index contributed by atoms with van der Waals surface area (Å²) in [5.74, 6) is 0.742. The number of urea groups is 1. The molecule has 1 aromatic heterocycles. The molecular formula is C18H22N4O4S2. The van der Waals surface area contributed by atoms with E-state index in [-0.39, 0.29) is 5.25 Å². The quantitative estimate of drug-likeness (QED) is 0.745. The zero-order chi connectivity index (χ0) is 19.7. The molecule has 2 heterocycles. The van der Waals surface area contributed by atoms with E-state index in [2.05, 4.69) is 15.6 Å². The molecule has 1 aliphatic heterocycles. The first-order valence-corrected chi connectivity index (χ1v) is 11.6. The first kappa shape index (κ1) is 19.2. The molecule has 28 heavy (non-hydrogen) atoms. The number of ether oxygens (including phenoxy) is 1. The zero-order valence-corrected chi connectivity index (χ0v) is 17.1. The van der Waals surface area contributed by atoms with Crippen LogP contribution in [0.5, 0.6) is 5.75 Å². The number of carbonyl (C=O) groups is 1. The van der Waals surface area contributed by atoms with E-state index >= 15 is 0 Å². The first-order valence-electron chi connectivity index (χ1n) is 9.24. The monoisotopic (exact) mass is 422 g/mol. The second-order valence-electron chi connectivity index (χ2n) is 6.75. The van der Waals surface area contributed by atoms with Gasteiger partial charge in [0.05, 0.1) is 17.6 Å². The van der Waals surface area contributed by atoms with Crippen molar-refractivity contribution in [1.29, 1.82) is 0 Å². The minimum Gasteiger partial charge on any atom is -0.494 e. The summed E-state index contributed by atoms with van der Waals surface area (Å²) in [6.45, 7) is 3.29. The number of hydrogen-bond donors (Lipinski definition) is 2. The lowest BCUT2D eigenvalue weighted by molar-refractivity contribution is 0.262. The second kappa shape index (κ2) is 7.69. The fraction of sp³-hybridized carbons (Fsp3) is 0.444. The first-order chi connectivity index (χ1) is 13.5. The van der Waals surface area contributed by atoms with Crippen LogP contribution in [0.25, 0.3) is 0 Å². The van der Waals surface area contributed by atoms with Gasteiger partial charge in [-0.3, -0.25) is 5.32 Å². The summed E-state index contributed by atoms with van der Waals surface area (Å²) in [7, 11) is -3.19. The van der Waals surface area contributed by atoms with Gasteiger partial charge in [0.15, 0.2) is 5.13 Å². The van der Waals surface area contributed by atoms with Crippen LogP contribution < -0.4 is 15.4 Å². The molecule has 2 amide bonds. The van der Waals surface area contributed by atoms with Gasteiger partial charge >= 0.3 is 6.03 Å². The molecule has 2 N–H and O–H groups in total.